The molecular formula is C11H16F5NO3S. The van der Waals surface area contributed by atoms with Crippen LogP contribution in [0.2, 0.25) is 0 Å². The largest absolute Gasteiger partial charge is 0.453 e. The molecule has 0 saturated carbocycles. The molecule has 21 heavy (non-hydrogen) atoms. The van der Waals surface area contributed by atoms with Crippen molar-refractivity contribution in [2.45, 2.75) is 50.1 Å². The van der Waals surface area contributed by atoms with Crippen LogP contribution in [0.15, 0.2) is 0 Å². The van der Waals surface area contributed by atoms with Crippen molar-refractivity contribution in [3.05, 3.63) is 0 Å². The van der Waals surface area contributed by atoms with Crippen LogP contribution in [0.3, 0.4) is 0 Å². The number of hydrogen-bond donors (Lipinski definition) is 0. The average Bonchev–Trinajstić information content (AvgIpc) is 2.26. The van der Waals surface area contributed by atoms with Gasteiger partial charge in [-0.2, -0.15) is 27.2 Å². The Morgan fingerprint density at radius 1 is 1.19 bits per heavy atom. The lowest BCUT2D eigenvalue weighted by Gasteiger charge is -2.20. The lowest BCUT2D eigenvalue weighted by molar-refractivity contribution is -0.284. The molecule has 0 aromatic rings. The summed E-state index contributed by atoms with van der Waals surface area (Å²) in [6, 6.07) is 1.26. The summed E-state index contributed by atoms with van der Waals surface area (Å²) < 4.78 is 89.7. The molecule has 0 aliphatic heterocycles. The summed E-state index contributed by atoms with van der Waals surface area (Å²) in [6.45, 7) is 3.02. The predicted molar refractivity (Wildman–Crippen MR) is 64.5 cm³/mol. The fraction of sp³-hybridized carbons (Fsp3) is 0.909. The van der Waals surface area contributed by atoms with E-state index in [1.165, 1.54) is 6.07 Å². The minimum atomic E-state index is -5.77. The van der Waals surface area contributed by atoms with Crippen LogP contribution in [-0.2, 0) is 14.6 Å². The van der Waals surface area contributed by atoms with Crippen LogP contribution in [0.4, 0.5) is 22.0 Å². The van der Waals surface area contributed by atoms with Crippen LogP contribution in [0, 0.1) is 11.3 Å². The van der Waals surface area contributed by atoms with Gasteiger partial charge in [0, 0.05) is 6.42 Å². The Morgan fingerprint density at radius 2 is 1.71 bits per heavy atom. The average molecular weight is 337 g/mol. The molecule has 124 valence electrons. The molecule has 4 nitrogen and oxygen atoms in total. The number of hydrogen-bond acceptors (Lipinski definition) is 4. The van der Waals surface area contributed by atoms with Crippen LogP contribution < -0.4 is 0 Å². The van der Waals surface area contributed by atoms with Gasteiger partial charge < -0.3 is 4.74 Å². The molecule has 0 N–H and O–H groups in total. The first kappa shape index (κ1) is 20.1. The van der Waals surface area contributed by atoms with Gasteiger partial charge >= 0.3 is 12.1 Å². The Bertz CT molecular complexity index is 467. The molecule has 0 radical (unpaired) electrons. The van der Waals surface area contributed by atoms with Gasteiger partial charge in [-0.05, 0) is 20.3 Å². The summed E-state index contributed by atoms with van der Waals surface area (Å²) in [5.41, 5.74) is 0. The normalized spacial score (nSPS) is 15.0. The van der Waals surface area contributed by atoms with Crippen molar-refractivity contribution in [3.8, 4) is 6.07 Å². The predicted octanol–water partition coefficient (Wildman–Crippen LogP) is 2.70. The third kappa shape index (κ3) is 6.56. The molecule has 0 amide bonds. The highest BCUT2D eigenvalue weighted by Crippen LogP contribution is 2.39. The quantitative estimate of drug-likeness (QED) is 0.639. The Hall–Kier alpha value is -0.950. The first-order valence-electron chi connectivity index (χ1n) is 6.01. The number of nitrogens with zero attached hydrogens (tertiary/aromatic N) is 1. The molecular weight excluding hydrogens is 321 g/mol. The van der Waals surface area contributed by atoms with E-state index in [9.17, 15) is 30.4 Å². The van der Waals surface area contributed by atoms with Crippen molar-refractivity contribution < 1.29 is 35.1 Å². The van der Waals surface area contributed by atoms with Crippen molar-refractivity contribution >= 4 is 9.84 Å². The van der Waals surface area contributed by atoms with Crippen molar-refractivity contribution in [1.29, 1.82) is 5.26 Å². The second-order valence-corrected chi connectivity index (χ2v) is 6.95. The van der Waals surface area contributed by atoms with Gasteiger partial charge in [-0.15, -0.1) is 0 Å². The van der Waals surface area contributed by atoms with E-state index >= 15 is 0 Å². The highest BCUT2D eigenvalue weighted by Gasteiger charge is 2.57. The summed E-state index contributed by atoms with van der Waals surface area (Å²) in [5.74, 6) is -5.63. The van der Waals surface area contributed by atoms with E-state index in [4.69, 9.17) is 10.00 Å². The smallest absolute Gasteiger partial charge is 0.378 e. The lowest BCUT2D eigenvalue weighted by atomic mass is 10.1. The zero-order chi connectivity index (χ0) is 16.9. The molecule has 0 rings (SSSR count). The SMILES string of the molecule is CC(C)OCCS(=O)(=O)C(C#N)CCC(F)(F)C(F)(F)F. The molecule has 10 heteroatoms. The molecule has 0 bridgehead atoms. The van der Waals surface area contributed by atoms with Gasteiger partial charge in [0.1, 0.15) is 5.25 Å². The van der Waals surface area contributed by atoms with Gasteiger partial charge in [0.2, 0.25) is 0 Å². The number of nitriles is 1. The van der Waals surface area contributed by atoms with Gasteiger partial charge in [-0.1, -0.05) is 0 Å². The minimum Gasteiger partial charge on any atom is -0.378 e. The first-order valence-corrected chi connectivity index (χ1v) is 7.72. The second kappa shape index (κ2) is 7.35. The Labute approximate surface area is 119 Å². The van der Waals surface area contributed by atoms with Crippen molar-refractivity contribution in [1.82, 2.24) is 0 Å². The van der Waals surface area contributed by atoms with E-state index in [-0.39, 0.29) is 12.7 Å². The maximum Gasteiger partial charge on any atom is 0.453 e. The minimum absolute atomic E-state index is 0.256. The molecule has 0 aliphatic rings. The molecule has 1 unspecified atom stereocenters. The molecule has 0 saturated heterocycles. The van der Waals surface area contributed by atoms with Gasteiger partial charge in [0.05, 0.1) is 24.5 Å². The van der Waals surface area contributed by atoms with E-state index < -0.39 is 45.8 Å². The maximum atomic E-state index is 12.7. The molecule has 0 fully saturated rings. The third-order valence-electron chi connectivity index (χ3n) is 2.53. The number of halogens is 5. The zero-order valence-corrected chi connectivity index (χ0v) is 12.3. The highest BCUT2D eigenvalue weighted by molar-refractivity contribution is 7.92. The summed E-state index contributed by atoms with van der Waals surface area (Å²) in [5, 5.41) is 6.76. The van der Waals surface area contributed by atoms with Crippen molar-refractivity contribution in [3.63, 3.8) is 0 Å². The Kier molecular flexibility index (Phi) is 7.02. The van der Waals surface area contributed by atoms with E-state index in [0.717, 1.165) is 0 Å². The monoisotopic (exact) mass is 337 g/mol. The molecule has 0 aliphatic carbocycles. The van der Waals surface area contributed by atoms with Crippen LogP contribution in [-0.4, -0.2) is 44.2 Å². The van der Waals surface area contributed by atoms with E-state index in [2.05, 4.69) is 0 Å². The highest BCUT2D eigenvalue weighted by atomic mass is 32.2. The molecule has 0 aromatic carbocycles. The fourth-order valence-electron chi connectivity index (χ4n) is 1.32. The lowest BCUT2D eigenvalue weighted by Crippen LogP contribution is -2.38. The number of sulfone groups is 1. The third-order valence-corrected chi connectivity index (χ3v) is 4.48. The van der Waals surface area contributed by atoms with Crippen molar-refractivity contribution in [2.24, 2.45) is 0 Å². The van der Waals surface area contributed by atoms with Gasteiger partial charge in [-0.25, -0.2) is 8.42 Å². The standard InChI is InChI=1S/C11H16F5NO3S/c1-8(2)20-5-6-21(18,19)9(7-17)3-4-10(12,13)11(14,15)16/h8-9H,3-6H2,1-2H3. The second-order valence-electron chi connectivity index (χ2n) is 4.65. The molecule has 0 heterocycles. The van der Waals surface area contributed by atoms with Gasteiger partial charge in [0.15, 0.2) is 9.84 Å². The summed E-state index contributed by atoms with van der Waals surface area (Å²) in [6.07, 6.45) is -8.88. The van der Waals surface area contributed by atoms with Crippen LogP contribution >= 0.6 is 0 Å². The van der Waals surface area contributed by atoms with E-state index in [0.29, 0.717) is 0 Å². The van der Waals surface area contributed by atoms with Crippen LogP contribution in [0.5, 0.6) is 0 Å². The number of rotatable bonds is 8. The maximum absolute atomic E-state index is 12.7. The zero-order valence-electron chi connectivity index (χ0n) is 11.5. The summed E-state index contributed by atoms with van der Waals surface area (Å²) in [7, 11) is -4.12. The fourth-order valence-corrected chi connectivity index (χ4v) is 2.57. The van der Waals surface area contributed by atoms with Gasteiger partial charge in [-0.3, -0.25) is 0 Å². The van der Waals surface area contributed by atoms with Gasteiger partial charge in [0.25, 0.3) is 0 Å². The van der Waals surface area contributed by atoms with E-state index in [1.807, 2.05) is 0 Å². The van der Waals surface area contributed by atoms with Crippen molar-refractivity contribution in [2.75, 3.05) is 12.4 Å². The summed E-state index contributed by atoms with van der Waals surface area (Å²) in [4.78, 5) is 0. The van der Waals surface area contributed by atoms with Crippen LogP contribution in [0.1, 0.15) is 26.7 Å². The Balaban J connectivity index is 4.69. The molecule has 1 atom stereocenters. The Morgan fingerprint density at radius 3 is 2.10 bits per heavy atom. The van der Waals surface area contributed by atoms with E-state index in [1.54, 1.807) is 13.8 Å². The first-order chi connectivity index (χ1) is 9.33. The summed E-state index contributed by atoms with van der Waals surface area (Å²) >= 11 is 0. The van der Waals surface area contributed by atoms with Crippen LogP contribution in [0.25, 0.3) is 0 Å². The topological polar surface area (TPSA) is 67.2 Å². The number of alkyl halides is 5. The molecule has 0 aromatic heterocycles. The molecule has 0 spiro atoms. The number of ether oxygens (including phenoxy) is 1.